The first-order valence-corrected chi connectivity index (χ1v) is 8.99. The van der Waals surface area contributed by atoms with E-state index in [0.29, 0.717) is 18.5 Å². The molecule has 2 aromatic heterocycles. The summed E-state index contributed by atoms with van der Waals surface area (Å²) in [5.41, 5.74) is 5.66. The Morgan fingerprint density at radius 3 is 2.54 bits per heavy atom. The van der Waals surface area contributed by atoms with Gasteiger partial charge in [0, 0.05) is 18.9 Å². The van der Waals surface area contributed by atoms with Gasteiger partial charge in [0.2, 0.25) is 0 Å². The van der Waals surface area contributed by atoms with E-state index in [9.17, 15) is 4.79 Å². The van der Waals surface area contributed by atoms with Gasteiger partial charge >= 0.3 is 0 Å². The van der Waals surface area contributed by atoms with Gasteiger partial charge in [-0.3, -0.25) is 9.78 Å². The van der Waals surface area contributed by atoms with Gasteiger partial charge in [0.1, 0.15) is 0 Å². The maximum Gasteiger partial charge on any atom is 0.255 e. The lowest BCUT2D eigenvalue weighted by atomic mass is 10.1. The molecule has 0 atom stereocenters. The molecule has 0 aliphatic carbocycles. The largest absolute Gasteiger partial charge is 0.348 e. The van der Waals surface area contributed by atoms with Crippen molar-refractivity contribution < 1.29 is 4.79 Å². The Kier molecular flexibility index (Phi) is 5.46. The number of hydrogen-bond acceptors (Lipinski definition) is 3. The van der Waals surface area contributed by atoms with Crippen LogP contribution in [0.2, 0.25) is 0 Å². The summed E-state index contributed by atoms with van der Waals surface area (Å²) in [6, 6.07) is 12.0. The molecule has 3 aromatic rings. The van der Waals surface area contributed by atoms with Crippen LogP contribution in [0.25, 0.3) is 5.69 Å². The summed E-state index contributed by atoms with van der Waals surface area (Å²) < 4.78 is 1.91. The number of benzene rings is 1. The predicted molar refractivity (Wildman–Crippen MR) is 102 cm³/mol. The number of pyridine rings is 1. The Hall–Kier alpha value is -2.95. The van der Waals surface area contributed by atoms with Gasteiger partial charge in [-0.05, 0) is 55.2 Å². The second kappa shape index (κ2) is 7.95. The fourth-order valence-electron chi connectivity index (χ4n) is 3.08. The van der Waals surface area contributed by atoms with Crippen molar-refractivity contribution in [2.24, 2.45) is 0 Å². The van der Waals surface area contributed by atoms with E-state index >= 15 is 0 Å². The zero-order chi connectivity index (χ0) is 18.5. The Morgan fingerprint density at radius 2 is 1.88 bits per heavy atom. The molecule has 0 unspecified atom stereocenters. The minimum atomic E-state index is -0.0746. The minimum Gasteiger partial charge on any atom is -0.348 e. The lowest BCUT2D eigenvalue weighted by Crippen LogP contribution is -2.24. The summed E-state index contributed by atoms with van der Waals surface area (Å²) >= 11 is 0. The van der Waals surface area contributed by atoms with Crippen molar-refractivity contribution in [3.63, 3.8) is 0 Å². The zero-order valence-corrected chi connectivity index (χ0v) is 15.5. The molecule has 0 spiro atoms. The van der Waals surface area contributed by atoms with E-state index in [1.807, 2.05) is 35.9 Å². The van der Waals surface area contributed by atoms with Gasteiger partial charge in [0.15, 0.2) is 0 Å². The van der Waals surface area contributed by atoms with Crippen LogP contribution in [0.1, 0.15) is 46.7 Å². The summed E-state index contributed by atoms with van der Waals surface area (Å²) in [7, 11) is 0. The monoisotopic (exact) mass is 348 g/mol. The SMILES string of the molecule is CCc1nn(-c2cccc(C)c2)c(CC)c1C(=O)NCc1ccncc1. The molecule has 0 radical (unpaired) electrons. The summed E-state index contributed by atoms with van der Waals surface area (Å²) in [6.07, 6.45) is 4.90. The number of nitrogens with one attached hydrogen (secondary N) is 1. The first kappa shape index (κ1) is 17.9. The van der Waals surface area contributed by atoms with Crippen LogP contribution in [-0.4, -0.2) is 20.7 Å². The molecule has 3 rings (SSSR count). The van der Waals surface area contributed by atoms with Crippen molar-refractivity contribution in [1.29, 1.82) is 0 Å². The van der Waals surface area contributed by atoms with Crippen molar-refractivity contribution in [2.75, 3.05) is 0 Å². The van der Waals surface area contributed by atoms with Crippen LogP contribution in [0.3, 0.4) is 0 Å². The topological polar surface area (TPSA) is 59.8 Å². The average molecular weight is 348 g/mol. The molecule has 0 saturated carbocycles. The van der Waals surface area contributed by atoms with Crippen LogP contribution in [0.5, 0.6) is 0 Å². The quantitative estimate of drug-likeness (QED) is 0.740. The van der Waals surface area contributed by atoms with Crippen molar-refractivity contribution in [3.05, 3.63) is 76.9 Å². The molecule has 2 heterocycles. The lowest BCUT2D eigenvalue weighted by Gasteiger charge is -2.09. The number of amides is 1. The molecular formula is C21H24N4O. The molecule has 0 fully saturated rings. The average Bonchev–Trinajstić information content (AvgIpc) is 3.05. The number of nitrogens with zero attached hydrogens (tertiary/aromatic N) is 3. The molecular weight excluding hydrogens is 324 g/mol. The third kappa shape index (κ3) is 3.67. The molecule has 1 N–H and O–H groups in total. The molecule has 5 nitrogen and oxygen atoms in total. The summed E-state index contributed by atoms with van der Waals surface area (Å²) in [6.45, 7) is 6.62. The third-order valence-electron chi connectivity index (χ3n) is 4.40. The van der Waals surface area contributed by atoms with Gasteiger partial charge in [-0.25, -0.2) is 4.68 Å². The van der Waals surface area contributed by atoms with Crippen LogP contribution < -0.4 is 5.32 Å². The van der Waals surface area contributed by atoms with Crippen molar-refractivity contribution in [2.45, 2.75) is 40.2 Å². The zero-order valence-electron chi connectivity index (χ0n) is 15.5. The highest BCUT2D eigenvalue weighted by molar-refractivity contribution is 5.96. The number of aryl methyl sites for hydroxylation is 2. The highest BCUT2D eigenvalue weighted by Gasteiger charge is 2.22. The Labute approximate surface area is 154 Å². The second-order valence-corrected chi connectivity index (χ2v) is 6.26. The molecule has 0 aliphatic heterocycles. The molecule has 0 saturated heterocycles. The smallest absolute Gasteiger partial charge is 0.255 e. The maximum absolute atomic E-state index is 12.9. The van der Waals surface area contributed by atoms with Gasteiger partial charge in [-0.15, -0.1) is 0 Å². The van der Waals surface area contributed by atoms with Crippen molar-refractivity contribution in [1.82, 2.24) is 20.1 Å². The Balaban J connectivity index is 1.94. The number of hydrogen-bond donors (Lipinski definition) is 1. The molecule has 1 amide bonds. The fraction of sp³-hybridized carbons (Fsp3) is 0.286. The standard InChI is InChI=1S/C21H24N4O/c1-4-18-20(21(26)23-14-16-9-11-22-12-10-16)19(5-2)25(24-18)17-8-6-7-15(3)13-17/h6-13H,4-5,14H2,1-3H3,(H,23,26). The fourth-order valence-corrected chi connectivity index (χ4v) is 3.08. The van der Waals surface area contributed by atoms with Gasteiger partial charge in [0.05, 0.1) is 22.6 Å². The molecule has 134 valence electrons. The second-order valence-electron chi connectivity index (χ2n) is 6.26. The summed E-state index contributed by atoms with van der Waals surface area (Å²) in [5, 5.41) is 7.75. The summed E-state index contributed by atoms with van der Waals surface area (Å²) in [4.78, 5) is 16.9. The first-order chi connectivity index (χ1) is 12.6. The van der Waals surface area contributed by atoms with E-state index in [4.69, 9.17) is 5.10 Å². The normalized spacial score (nSPS) is 10.7. The Morgan fingerprint density at radius 1 is 1.12 bits per heavy atom. The van der Waals surface area contributed by atoms with E-state index in [1.54, 1.807) is 12.4 Å². The number of carbonyl (C=O) groups excluding carboxylic acids is 1. The maximum atomic E-state index is 12.9. The predicted octanol–water partition coefficient (Wildman–Crippen LogP) is 3.63. The number of rotatable bonds is 6. The van der Waals surface area contributed by atoms with E-state index in [-0.39, 0.29) is 5.91 Å². The summed E-state index contributed by atoms with van der Waals surface area (Å²) in [5.74, 6) is -0.0746. The van der Waals surface area contributed by atoms with E-state index in [1.165, 1.54) is 5.56 Å². The van der Waals surface area contributed by atoms with Crippen LogP contribution in [0.15, 0.2) is 48.8 Å². The molecule has 1 aromatic carbocycles. The highest BCUT2D eigenvalue weighted by atomic mass is 16.1. The Bertz CT molecular complexity index is 900. The van der Waals surface area contributed by atoms with Crippen LogP contribution in [-0.2, 0) is 19.4 Å². The number of carbonyl (C=O) groups is 1. The van der Waals surface area contributed by atoms with Crippen LogP contribution in [0.4, 0.5) is 0 Å². The van der Waals surface area contributed by atoms with E-state index in [0.717, 1.165) is 29.1 Å². The first-order valence-electron chi connectivity index (χ1n) is 8.99. The van der Waals surface area contributed by atoms with Crippen LogP contribution >= 0.6 is 0 Å². The number of aromatic nitrogens is 3. The van der Waals surface area contributed by atoms with E-state index < -0.39 is 0 Å². The van der Waals surface area contributed by atoms with Crippen LogP contribution in [0, 0.1) is 6.92 Å². The highest BCUT2D eigenvalue weighted by Crippen LogP contribution is 2.21. The molecule has 26 heavy (non-hydrogen) atoms. The lowest BCUT2D eigenvalue weighted by molar-refractivity contribution is 0.0949. The van der Waals surface area contributed by atoms with Crippen molar-refractivity contribution >= 4 is 5.91 Å². The van der Waals surface area contributed by atoms with Gasteiger partial charge in [-0.1, -0.05) is 26.0 Å². The van der Waals surface area contributed by atoms with E-state index in [2.05, 4.69) is 36.3 Å². The van der Waals surface area contributed by atoms with Crippen molar-refractivity contribution in [3.8, 4) is 5.69 Å². The van der Waals surface area contributed by atoms with Gasteiger partial charge in [-0.2, -0.15) is 5.10 Å². The minimum absolute atomic E-state index is 0.0746. The van der Waals surface area contributed by atoms with Gasteiger partial charge < -0.3 is 5.32 Å². The molecule has 5 heteroatoms. The molecule has 0 aliphatic rings. The third-order valence-corrected chi connectivity index (χ3v) is 4.40. The molecule has 0 bridgehead atoms. The van der Waals surface area contributed by atoms with Gasteiger partial charge in [0.25, 0.3) is 5.91 Å².